The molecule has 0 radical (unpaired) electrons. The van der Waals surface area contributed by atoms with E-state index in [2.05, 4.69) is 27.3 Å². The zero-order chi connectivity index (χ0) is 16.6. The number of nitrogens with zero attached hydrogens (tertiary/aromatic N) is 1. The van der Waals surface area contributed by atoms with E-state index in [9.17, 15) is 4.79 Å². The van der Waals surface area contributed by atoms with Crippen molar-refractivity contribution in [2.45, 2.75) is 64.1 Å². The molecule has 2 unspecified atom stereocenters. The lowest BCUT2D eigenvalue weighted by molar-refractivity contribution is 0.0290. The lowest BCUT2D eigenvalue weighted by Gasteiger charge is -2.27. The van der Waals surface area contributed by atoms with Crippen LogP contribution in [0, 0.1) is 0 Å². The lowest BCUT2D eigenvalue weighted by atomic mass is 9.93. The summed E-state index contributed by atoms with van der Waals surface area (Å²) in [6, 6.07) is 3.04. The maximum atomic E-state index is 12.2. The van der Waals surface area contributed by atoms with Gasteiger partial charge in [-0.05, 0) is 74.0 Å². The highest BCUT2D eigenvalue weighted by atomic mass is 79.9. The Bertz CT molecular complexity index is 582. The molecule has 1 aliphatic heterocycles. The van der Waals surface area contributed by atoms with Crippen LogP contribution in [0.4, 0.5) is 4.79 Å². The Morgan fingerprint density at radius 2 is 2.22 bits per heavy atom. The number of halogens is 1. The van der Waals surface area contributed by atoms with Crippen molar-refractivity contribution in [2.24, 2.45) is 0 Å². The van der Waals surface area contributed by atoms with Crippen LogP contribution in [-0.2, 0) is 11.2 Å². The van der Waals surface area contributed by atoms with Gasteiger partial charge >= 0.3 is 6.09 Å². The molecule has 2 heterocycles. The Morgan fingerprint density at radius 1 is 1.43 bits per heavy atom. The standard InChI is InChI=1S/C17H25BrN2O2S/c1-17(2,3)22-16(21)20-8-7-11(10-20)19-13-5-4-6-14-12(13)9-15(18)23-14/h9,11,13,19H,4-8,10H2,1-3H3. The Kier molecular flexibility index (Phi) is 5.04. The summed E-state index contributed by atoms with van der Waals surface area (Å²) in [6.45, 7) is 7.25. The molecule has 1 amide bonds. The predicted octanol–water partition coefficient (Wildman–Crippen LogP) is 4.49. The smallest absolute Gasteiger partial charge is 0.410 e. The average Bonchev–Trinajstić information content (AvgIpc) is 3.03. The molecule has 4 nitrogen and oxygen atoms in total. The van der Waals surface area contributed by atoms with Crippen molar-refractivity contribution in [1.82, 2.24) is 10.2 Å². The van der Waals surface area contributed by atoms with Crippen molar-refractivity contribution in [3.63, 3.8) is 0 Å². The zero-order valence-electron chi connectivity index (χ0n) is 14.0. The van der Waals surface area contributed by atoms with Crippen LogP contribution in [0.2, 0.25) is 0 Å². The van der Waals surface area contributed by atoms with E-state index in [1.54, 1.807) is 0 Å². The van der Waals surface area contributed by atoms with E-state index in [0.29, 0.717) is 12.1 Å². The summed E-state index contributed by atoms with van der Waals surface area (Å²) in [6.07, 6.45) is 4.41. The third kappa shape index (κ3) is 4.28. The van der Waals surface area contributed by atoms with Gasteiger partial charge < -0.3 is 15.0 Å². The molecule has 23 heavy (non-hydrogen) atoms. The van der Waals surface area contributed by atoms with Crippen LogP contribution < -0.4 is 5.32 Å². The monoisotopic (exact) mass is 400 g/mol. The first-order valence-corrected chi connectivity index (χ1v) is 9.95. The molecule has 0 bridgehead atoms. The van der Waals surface area contributed by atoms with Crippen LogP contribution in [0.1, 0.15) is 56.5 Å². The SMILES string of the molecule is CC(C)(C)OC(=O)N1CCC(NC2CCCc3sc(Br)cc32)C1. The number of fused-ring (bicyclic) bond motifs is 1. The van der Waals surface area contributed by atoms with Gasteiger partial charge in [-0.3, -0.25) is 0 Å². The van der Waals surface area contributed by atoms with E-state index in [1.165, 1.54) is 33.5 Å². The number of ether oxygens (including phenoxy) is 1. The minimum absolute atomic E-state index is 0.190. The minimum Gasteiger partial charge on any atom is -0.444 e. The van der Waals surface area contributed by atoms with E-state index in [1.807, 2.05) is 37.0 Å². The molecule has 0 spiro atoms. The fraction of sp³-hybridized carbons (Fsp3) is 0.706. The summed E-state index contributed by atoms with van der Waals surface area (Å²) in [7, 11) is 0. The molecule has 1 N–H and O–H groups in total. The first kappa shape index (κ1) is 17.2. The Morgan fingerprint density at radius 3 is 2.96 bits per heavy atom. The topological polar surface area (TPSA) is 41.6 Å². The molecular formula is C17H25BrN2O2S. The summed E-state index contributed by atoms with van der Waals surface area (Å²) < 4.78 is 6.69. The maximum absolute atomic E-state index is 12.2. The molecule has 1 fully saturated rings. The van der Waals surface area contributed by atoms with Crippen LogP contribution in [-0.4, -0.2) is 35.7 Å². The largest absolute Gasteiger partial charge is 0.444 e. The fourth-order valence-corrected chi connectivity index (χ4v) is 5.19. The van der Waals surface area contributed by atoms with Crippen molar-refractivity contribution in [3.05, 3.63) is 20.3 Å². The van der Waals surface area contributed by atoms with Crippen LogP contribution in [0.3, 0.4) is 0 Å². The highest BCUT2D eigenvalue weighted by Gasteiger charge is 2.32. The Labute approximate surface area is 150 Å². The van der Waals surface area contributed by atoms with Crippen molar-refractivity contribution < 1.29 is 9.53 Å². The van der Waals surface area contributed by atoms with Crippen LogP contribution in [0.15, 0.2) is 9.85 Å². The van der Waals surface area contributed by atoms with Crippen LogP contribution in [0.25, 0.3) is 0 Å². The van der Waals surface area contributed by atoms with E-state index in [-0.39, 0.29) is 6.09 Å². The summed E-state index contributed by atoms with van der Waals surface area (Å²) in [5, 5.41) is 3.77. The second kappa shape index (κ2) is 6.73. The number of hydrogen-bond donors (Lipinski definition) is 1. The number of nitrogens with one attached hydrogen (secondary N) is 1. The average molecular weight is 401 g/mol. The zero-order valence-corrected chi connectivity index (χ0v) is 16.4. The second-order valence-electron chi connectivity index (χ2n) is 7.45. The molecule has 2 aliphatic rings. The highest BCUT2D eigenvalue weighted by molar-refractivity contribution is 9.11. The van der Waals surface area contributed by atoms with Crippen molar-refractivity contribution in [3.8, 4) is 0 Å². The lowest BCUT2D eigenvalue weighted by Crippen LogP contribution is -2.39. The van der Waals surface area contributed by atoms with E-state index < -0.39 is 5.60 Å². The molecule has 1 aromatic rings. The molecule has 1 saturated heterocycles. The number of likely N-dealkylation sites (tertiary alicyclic amines) is 1. The molecule has 3 rings (SSSR count). The molecule has 2 atom stereocenters. The summed E-state index contributed by atoms with van der Waals surface area (Å²) in [5.41, 5.74) is 1.02. The first-order chi connectivity index (χ1) is 10.8. The molecule has 0 saturated carbocycles. The third-order valence-electron chi connectivity index (χ3n) is 4.36. The van der Waals surface area contributed by atoms with E-state index >= 15 is 0 Å². The van der Waals surface area contributed by atoms with Gasteiger partial charge in [-0.25, -0.2) is 4.79 Å². The number of rotatable bonds is 2. The van der Waals surface area contributed by atoms with Crippen LogP contribution >= 0.6 is 27.3 Å². The van der Waals surface area contributed by atoms with Gasteiger partial charge in [0, 0.05) is 30.1 Å². The number of carbonyl (C=O) groups excluding carboxylic acids is 1. The Balaban J connectivity index is 1.58. The predicted molar refractivity (Wildman–Crippen MR) is 97.0 cm³/mol. The second-order valence-corrected chi connectivity index (χ2v) is 9.97. The molecular weight excluding hydrogens is 376 g/mol. The Hall–Kier alpha value is -0.590. The number of carbonyl (C=O) groups is 1. The summed E-state index contributed by atoms with van der Waals surface area (Å²) >= 11 is 5.47. The quantitative estimate of drug-likeness (QED) is 0.794. The van der Waals surface area contributed by atoms with Crippen molar-refractivity contribution in [1.29, 1.82) is 0 Å². The number of aryl methyl sites for hydroxylation is 1. The van der Waals surface area contributed by atoms with E-state index in [4.69, 9.17) is 4.74 Å². The van der Waals surface area contributed by atoms with Crippen molar-refractivity contribution in [2.75, 3.05) is 13.1 Å². The van der Waals surface area contributed by atoms with Gasteiger partial charge in [-0.2, -0.15) is 0 Å². The number of thiophene rings is 1. The molecule has 0 aromatic carbocycles. The highest BCUT2D eigenvalue weighted by Crippen LogP contribution is 2.38. The number of amides is 1. The van der Waals surface area contributed by atoms with Gasteiger partial charge in [-0.1, -0.05) is 0 Å². The maximum Gasteiger partial charge on any atom is 0.410 e. The summed E-state index contributed by atoms with van der Waals surface area (Å²) in [4.78, 5) is 15.5. The normalized spacial score (nSPS) is 24.6. The molecule has 1 aliphatic carbocycles. The van der Waals surface area contributed by atoms with Gasteiger partial charge in [-0.15, -0.1) is 11.3 Å². The van der Waals surface area contributed by atoms with E-state index in [0.717, 1.165) is 19.5 Å². The minimum atomic E-state index is -0.427. The molecule has 6 heteroatoms. The van der Waals surface area contributed by atoms with Gasteiger partial charge in [0.25, 0.3) is 0 Å². The van der Waals surface area contributed by atoms with Gasteiger partial charge in [0.15, 0.2) is 0 Å². The van der Waals surface area contributed by atoms with Gasteiger partial charge in [0.2, 0.25) is 0 Å². The summed E-state index contributed by atoms with van der Waals surface area (Å²) in [5.74, 6) is 0. The van der Waals surface area contributed by atoms with Gasteiger partial charge in [0.1, 0.15) is 5.60 Å². The number of hydrogen-bond acceptors (Lipinski definition) is 4. The molecule has 128 valence electrons. The molecule has 1 aromatic heterocycles. The van der Waals surface area contributed by atoms with Crippen molar-refractivity contribution >= 4 is 33.4 Å². The fourth-order valence-electron chi connectivity index (χ4n) is 3.37. The first-order valence-electron chi connectivity index (χ1n) is 8.34. The third-order valence-corrected chi connectivity index (χ3v) is 6.07. The van der Waals surface area contributed by atoms with Gasteiger partial charge in [0.05, 0.1) is 3.79 Å². The van der Waals surface area contributed by atoms with Crippen LogP contribution in [0.5, 0.6) is 0 Å².